The van der Waals surface area contributed by atoms with Crippen LogP contribution in [0.3, 0.4) is 0 Å². The SMILES string of the molecule is CC1(C)CCCCN1CC[NH]. The van der Waals surface area contributed by atoms with E-state index in [2.05, 4.69) is 18.7 Å². The molecule has 0 amide bonds. The van der Waals surface area contributed by atoms with Crippen molar-refractivity contribution in [3.8, 4) is 0 Å². The fraction of sp³-hybridized carbons (Fsp3) is 1.00. The van der Waals surface area contributed by atoms with Crippen molar-refractivity contribution in [2.45, 2.75) is 38.6 Å². The average molecular weight is 155 g/mol. The van der Waals surface area contributed by atoms with Gasteiger partial charge >= 0.3 is 0 Å². The van der Waals surface area contributed by atoms with E-state index in [1.807, 2.05) is 0 Å². The van der Waals surface area contributed by atoms with E-state index in [0.717, 1.165) is 6.54 Å². The highest BCUT2D eigenvalue weighted by atomic mass is 15.2. The normalized spacial score (nSPS) is 25.4. The minimum Gasteiger partial charge on any atom is -0.297 e. The van der Waals surface area contributed by atoms with Crippen LogP contribution < -0.4 is 5.73 Å². The van der Waals surface area contributed by atoms with E-state index < -0.39 is 0 Å². The van der Waals surface area contributed by atoms with Crippen molar-refractivity contribution in [3.63, 3.8) is 0 Å². The molecule has 65 valence electrons. The van der Waals surface area contributed by atoms with Crippen molar-refractivity contribution >= 4 is 0 Å². The van der Waals surface area contributed by atoms with E-state index in [0.29, 0.717) is 12.1 Å². The van der Waals surface area contributed by atoms with Crippen LogP contribution in [0.5, 0.6) is 0 Å². The minimum atomic E-state index is 0.360. The van der Waals surface area contributed by atoms with Crippen LogP contribution in [0.2, 0.25) is 0 Å². The maximum absolute atomic E-state index is 7.17. The minimum absolute atomic E-state index is 0.360. The topological polar surface area (TPSA) is 27.0 Å². The number of hydrogen-bond acceptors (Lipinski definition) is 1. The number of piperidine rings is 1. The Kier molecular flexibility index (Phi) is 2.90. The molecule has 1 radical (unpaired) electrons. The van der Waals surface area contributed by atoms with Crippen LogP contribution in [0.4, 0.5) is 0 Å². The van der Waals surface area contributed by atoms with E-state index >= 15 is 0 Å². The third kappa shape index (κ3) is 2.17. The molecule has 0 bridgehead atoms. The van der Waals surface area contributed by atoms with Gasteiger partial charge in [-0.05, 0) is 33.2 Å². The van der Waals surface area contributed by atoms with Crippen LogP contribution in [-0.4, -0.2) is 30.1 Å². The first-order chi connectivity index (χ1) is 5.17. The smallest absolute Gasteiger partial charge is 0.0228 e. The fourth-order valence-corrected chi connectivity index (χ4v) is 1.87. The third-order valence-electron chi connectivity index (χ3n) is 2.70. The van der Waals surface area contributed by atoms with Crippen molar-refractivity contribution in [3.05, 3.63) is 0 Å². The largest absolute Gasteiger partial charge is 0.297 e. The first-order valence-electron chi connectivity index (χ1n) is 4.56. The van der Waals surface area contributed by atoms with Gasteiger partial charge in [0, 0.05) is 18.6 Å². The molecule has 0 spiro atoms. The highest BCUT2D eigenvalue weighted by Crippen LogP contribution is 2.26. The van der Waals surface area contributed by atoms with Crippen molar-refractivity contribution in [1.29, 1.82) is 0 Å². The molecule has 1 rings (SSSR count). The Morgan fingerprint density at radius 3 is 2.64 bits per heavy atom. The van der Waals surface area contributed by atoms with Gasteiger partial charge in [0.2, 0.25) is 0 Å². The second kappa shape index (κ2) is 3.55. The Labute approximate surface area is 69.8 Å². The van der Waals surface area contributed by atoms with Crippen LogP contribution in [0.25, 0.3) is 0 Å². The summed E-state index contributed by atoms with van der Waals surface area (Å²) in [7, 11) is 0. The van der Waals surface area contributed by atoms with Crippen LogP contribution in [0.15, 0.2) is 0 Å². The lowest BCUT2D eigenvalue weighted by atomic mass is 9.90. The first-order valence-corrected chi connectivity index (χ1v) is 4.56. The molecular weight excluding hydrogens is 136 g/mol. The highest BCUT2D eigenvalue weighted by Gasteiger charge is 2.28. The molecule has 1 N–H and O–H groups in total. The van der Waals surface area contributed by atoms with Crippen LogP contribution in [0, 0.1) is 0 Å². The summed E-state index contributed by atoms with van der Waals surface area (Å²) < 4.78 is 0. The van der Waals surface area contributed by atoms with Crippen molar-refractivity contribution in [1.82, 2.24) is 10.6 Å². The molecule has 0 atom stereocenters. The summed E-state index contributed by atoms with van der Waals surface area (Å²) in [6, 6.07) is 0. The number of nitrogens with one attached hydrogen (secondary N) is 1. The van der Waals surface area contributed by atoms with Crippen LogP contribution in [0.1, 0.15) is 33.1 Å². The fourth-order valence-electron chi connectivity index (χ4n) is 1.87. The molecule has 0 aliphatic carbocycles. The lowest BCUT2D eigenvalue weighted by molar-refractivity contribution is 0.0802. The number of rotatable bonds is 2. The molecule has 1 aliphatic heterocycles. The Morgan fingerprint density at radius 1 is 1.36 bits per heavy atom. The number of likely N-dealkylation sites (tertiary alicyclic amines) is 1. The Balaban J connectivity index is 2.45. The summed E-state index contributed by atoms with van der Waals surface area (Å²) >= 11 is 0. The van der Waals surface area contributed by atoms with Crippen LogP contribution >= 0.6 is 0 Å². The van der Waals surface area contributed by atoms with Gasteiger partial charge in [-0.2, -0.15) is 0 Å². The van der Waals surface area contributed by atoms with E-state index in [-0.39, 0.29) is 0 Å². The molecule has 2 nitrogen and oxygen atoms in total. The van der Waals surface area contributed by atoms with Crippen LogP contribution in [-0.2, 0) is 0 Å². The maximum Gasteiger partial charge on any atom is 0.0228 e. The van der Waals surface area contributed by atoms with E-state index in [9.17, 15) is 0 Å². The summed E-state index contributed by atoms with van der Waals surface area (Å²) in [6.45, 7) is 7.28. The summed E-state index contributed by atoms with van der Waals surface area (Å²) in [5.74, 6) is 0. The summed E-state index contributed by atoms with van der Waals surface area (Å²) in [6.07, 6.45) is 3.98. The first kappa shape index (κ1) is 9.01. The van der Waals surface area contributed by atoms with Gasteiger partial charge < -0.3 is 0 Å². The van der Waals surface area contributed by atoms with Gasteiger partial charge in [-0.15, -0.1) is 0 Å². The molecule has 1 fully saturated rings. The summed E-state index contributed by atoms with van der Waals surface area (Å²) in [4.78, 5) is 2.45. The summed E-state index contributed by atoms with van der Waals surface area (Å²) in [5, 5.41) is 0. The zero-order valence-electron chi connectivity index (χ0n) is 7.69. The molecule has 0 unspecified atom stereocenters. The molecule has 1 aliphatic rings. The predicted molar refractivity (Wildman–Crippen MR) is 47.5 cm³/mol. The molecule has 0 aromatic carbocycles. The van der Waals surface area contributed by atoms with E-state index in [1.165, 1.54) is 25.8 Å². The van der Waals surface area contributed by atoms with Gasteiger partial charge in [0.25, 0.3) is 0 Å². The maximum atomic E-state index is 7.17. The molecule has 1 saturated heterocycles. The molecular formula is C9H19N2. The second-order valence-electron chi connectivity index (χ2n) is 4.01. The molecule has 2 heteroatoms. The van der Waals surface area contributed by atoms with Gasteiger partial charge in [0.15, 0.2) is 0 Å². The standard InChI is InChI=1S/C9H19N2/c1-9(2)5-3-4-7-11(9)8-6-10/h10H,3-8H2,1-2H3. The average Bonchev–Trinajstić information content (AvgIpc) is 1.94. The second-order valence-corrected chi connectivity index (χ2v) is 4.01. The van der Waals surface area contributed by atoms with E-state index in [4.69, 9.17) is 5.73 Å². The van der Waals surface area contributed by atoms with Crippen molar-refractivity contribution < 1.29 is 0 Å². The zero-order chi connectivity index (χ0) is 8.32. The molecule has 1 heterocycles. The molecule has 11 heavy (non-hydrogen) atoms. The quantitative estimate of drug-likeness (QED) is 0.594. The van der Waals surface area contributed by atoms with Gasteiger partial charge in [0.1, 0.15) is 0 Å². The summed E-state index contributed by atoms with van der Waals surface area (Å²) in [5.41, 5.74) is 7.53. The third-order valence-corrected chi connectivity index (χ3v) is 2.70. The molecule has 0 saturated carbocycles. The van der Waals surface area contributed by atoms with Crippen molar-refractivity contribution in [2.75, 3.05) is 19.6 Å². The predicted octanol–water partition coefficient (Wildman–Crippen LogP) is 1.53. The Hall–Kier alpha value is -0.0800. The Bertz CT molecular complexity index is 119. The van der Waals surface area contributed by atoms with Gasteiger partial charge in [-0.1, -0.05) is 6.42 Å². The number of nitrogens with zero attached hydrogens (tertiary/aromatic N) is 1. The van der Waals surface area contributed by atoms with Gasteiger partial charge in [0.05, 0.1) is 0 Å². The van der Waals surface area contributed by atoms with Gasteiger partial charge in [-0.3, -0.25) is 10.6 Å². The molecule has 0 aromatic heterocycles. The zero-order valence-corrected chi connectivity index (χ0v) is 7.69. The lowest BCUT2D eigenvalue weighted by Crippen LogP contribution is -2.48. The van der Waals surface area contributed by atoms with Gasteiger partial charge in [-0.25, -0.2) is 0 Å². The Morgan fingerprint density at radius 2 is 2.09 bits per heavy atom. The van der Waals surface area contributed by atoms with E-state index in [1.54, 1.807) is 0 Å². The lowest BCUT2D eigenvalue weighted by Gasteiger charge is -2.42. The number of hydrogen-bond donors (Lipinski definition) is 0. The highest BCUT2D eigenvalue weighted by molar-refractivity contribution is 4.85. The monoisotopic (exact) mass is 155 g/mol. The van der Waals surface area contributed by atoms with Crippen molar-refractivity contribution in [2.24, 2.45) is 0 Å². The molecule has 0 aromatic rings.